The molecule has 0 radical (unpaired) electrons. The van der Waals surface area contributed by atoms with E-state index in [1.54, 1.807) is 0 Å². The number of carboxylic acids is 1. The van der Waals surface area contributed by atoms with Crippen LogP contribution in [0.5, 0.6) is 0 Å². The molecule has 2 rings (SSSR count). The van der Waals surface area contributed by atoms with E-state index in [2.05, 4.69) is 5.32 Å². The van der Waals surface area contributed by atoms with Crippen LogP contribution < -0.4 is 5.32 Å². The summed E-state index contributed by atoms with van der Waals surface area (Å²) in [5.74, 6) is -1.38. The Bertz CT molecular complexity index is 312. The van der Waals surface area contributed by atoms with Crippen LogP contribution in [-0.2, 0) is 14.3 Å². The molecule has 0 aromatic carbocycles. The van der Waals surface area contributed by atoms with Gasteiger partial charge in [-0.1, -0.05) is 12.8 Å². The molecule has 1 amide bonds. The van der Waals surface area contributed by atoms with E-state index >= 15 is 0 Å². The van der Waals surface area contributed by atoms with Crippen LogP contribution in [0.15, 0.2) is 0 Å². The van der Waals surface area contributed by atoms with Crippen molar-refractivity contribution in [3.05, 3.63) is 0 Å². The van der Waals surface area contributed by atoms with Crippen LogP contribution in [0.3, 0.4) is 0 Å². The fraction of sp³-hybridized carbons (Fsp3) is 0.846. The van der Waals surface area contributed by atoms with Crippen LogP contribution in [0.4, 0.5) is 0 Å². The predicted octanol–water partition coefficient (Wildman–Crippen LogP) is 1.03. The summed E-state index contributed by atoms with van der Waals surface area (Å²) in [6.45, 7) is 2.08. The van der Waals surface area contributed by atoms with Crippen molar-refractivity contribution in [1.82, 2.24) is 5.32 Å². The zero-order valence-corrected chi connectivity index (χ0v) is 10.6. The summed E-state index contributed by atoms with van der Waals surface area (Å²) in [4.78, 5) is 23.2. The highest BCUT2D eigenvalue weighted by molar-refractivity contribution is 5.84. The van der Waals surface area contributed by atoms with E-state index in [1.807, 2.05) is 0 Å². The minimum Gasteiger partial charge on any atom is -0.481 e. The number of carboxylic acid groups (broad SMARTS) is 1. The second-order valence-electron chi connectivity index (χ2n) is 5.31. The number of aliphatic carboxylic acids is 1. The summed E-state index contributed by atoms with van der Waals surface area (Å²) in [6, 6.07) is 0. The Balaban J connectivity index is 1.83. The summed E-state index contributed by atoms with van der Waals surface area (Å²) in [5, 5.41) is 12.0. The maximum absolute atomic E-state index is 12.1. The summed E-state index contributed by atoms with van der Waals surface area (Å²) < 4.78 is 5.25. The van der Waals surface area contributed by atoms with Crippen molar-refractivity contribution in [3.8, 4) is 0 Å². The fourth-order valence-electron chi connectivity index (χ4n) is 2.86. The van der Waals surface area contributed by atoms with Crippen LogP contribution in [0, 0.1) is 17.8 Å². The lowest BCUT2D eigenvalue weighted by atomic mass is 9.78. The monoisotopic (exact) mass is 255 g/mol. The van der Waals surface area contributed by atoms with Gasteiger partial charge in [-0.15, -0.1) is 0 Å². The van der Waals surface area contributed by atoms with Gasteiger partial charge in [-0.25, -0.2) is 0 Å². The molecule has 1 saturated heterocycles. The van der Waals surface area contributed by atoms with E-state index < -0.39 is 11.9 Å². The van der Waals surface area contributed by atoms with E-state index in [9.17, 15) is 9.59 Å². The smallest absolute Gasteiger partial charge is 0.307 e. The second-order valence-corrected chi connectivity index (χ2v) is 5.31. The Morgan fingerprint density at radius 1 is 1.17 bits per heavy atom. The number of hydrogen-bond donors (Lipinski definition) is 2. The molecule has 3 unspecified atom stereocenters. The van der Waals surface area contributed by atoms with Crippen LogP contribution in [0.25, 0.3) is 0 Å². The van der Waals surface area contributed by atoms with Crippen molar-refractivity contribution in [2.24, 2.45) is 17.8 Å². The molecule has 1 heterocycles. The molecule has 18 heavy (non-hydrogen) atoms. The van der Waals surface area contributed by atoms with E-state index in [4.69, 9.17) is 9.84 Å². The van der Waals surface area contributed by atoms with Crippen LogP contribution in [0.2, 0.25) is 0 Å². The zero-order chi connectivity index (χ0) is 13.0. The fourth-order valence-corrected chi connectivity index (χ4v) is 2.86. The highest BCUT2D eigenvalue weighted by Crippen LogP contribution is 2.30. The third-order valence-electron chi connectivity index (χ3n) is 4.01. The highest BCUT2D eigenvalue weighted by Gasteiger charge is 2.35. The van der Waals surface area contributed by atoms with Gasteiger partial charge in [0.15, 0.2) is 0 Å². The van der Waals surface area contributed by atoms with Crippen molar-refractivity contribution in [1.29, 1.82) is 0 Å². The summed E-state index contributed by atoms with van der Waals surface area (Å²) >= 11 is 0. The van der Waals surface area contributed by atoms with Gasteiger partial charge in [0.2, 0.25) is 5.91 Å². The van der Waals surface area contributed by atoms with Gasteiger partial charge in [-0.05, 0) is 19.3 Å². The van der Waals surface area contributed by atoms with E-state index in [1.165, 1.54) is 0 Å². The molecule has 2 aliphatic rings. The molecule has 3 atom stereocenters. The SMILES string of the molecule is O=C(O)C1CCCCC1C(=O)NCC1CCOC1. The normalized spacial score (nSPS) is 32.1. The number of hydrogen-bond acceptors (Lipinski definition) is 3. The molecule has 0 aromatic rings. The molecule has 1 aliphatic heterocycles. The zero-order valence-electron chi connectivity index (χ0n) is 10.6. The first-order chi connectivity index (χ1) is 8.68. The van der Waals surface area contributed by atoms with Crippen molar-refractivity contribution in [2.45, 2.75) is 32.1 Å². The number of carbonyl (C=O) groups excluding carboxylic acids is 1. The molecule has 2 fully saturated rings. The summed E-state index contributed by atoms with van der Waals surface area (Å²) in [6.07, 6.45) is 4.17. The van der Waals surface area contributed by atoms with Crippen LogP contribution in [-0.4, -0.2) is 36.7 Å². The lowest BCUT2D eigenvalue weighted by molar-refractivity contribution is -0.148. The molecule has 5 heteroatoms. The van der Waals surface area contributed by atoms with Crippen molar-refractivity contribution >= 4 is 11.9 Å². The highest BCUT2D eigenvalue weighted by atomic mass is 16.5. The molecule has 0 spiro atoms. The number of rotatable bonds is 4. The van der Waals surface area contributed by atoms with Gasteiger partial charge in [-0.2, -0.15) is 0 Å². The Hall–Kier alpha value is -1.10. The molecule has 5 nitrogen and oxygen atoms in total. The Kier molecular flexibility index (Phi) is 4.58. The largest absolute Gasteiger partial charge is 0.481 e. The van der Waals surface area contributed by atoms with Crippen molar-refractivity contribution in [2.75, 3.05) is 19.8 Å². The summed E-state index contributed by atoms with van der Waals surface area (Å²) in [7, 11) is 0. The Morgan fingerprint density at radius 3 is 2.50 bits per heavy atom. The van der Waals surface area contributed by atoms with Gasteiger partial charge < -0.3 is 15.2 Å². The molecule has 1 aliphatic carbocycles. The first-order valence-corrected chi connectivity index (χ1v) is 6.76. The van der Waals surface area contributed by atoms with Crippen molar-refractivity contribution < 1.29 is 19.4 Å². The molecule has 2 N–H and O–H groups in total. The second kappa shape index (κ2) is 6.18. The van der Waals surface area contributed by atoms with Gasteiger partial charge in [0, 0.05) is 19.1 Å². The molecule has 0 bridgehead atoms. The number of nitrogens with one attached hydrogen (secondary N) is 1. The Morgan fingerprint density at radius 2 is 1.89 bits per heavy atom. The van der Waals surface area contributed by atoms with Crippen molar-refractivity contribution in [3.63, 3.8) is 0 Å². The minimum atomic E-state index is -0.834. The molecular weight excluding hydrogens is 234 g/mol. The molecule has 0 aromatic heterocycles. The van der Waals surface area contributed by atoms with Gasteiger partial charge in [-0.3, -0.25) is 9.59 Å². The maximum Gasteiger partial charge on any atom is 0.307 e. The molecule has 102 valence electrons. The van der Waals surface area contributed by atoms with E-state index in [0.29, 0.717) is 31.9 Å². The number of amides is 1. The van der Waals surface area contributed by atoms with Gasteiger partial charge >= 0.3 is 5.97 Å². The van der Waals surface area contributed by atoms with Crippen LogP contribution in [0.1, 0.15) is 32.1 Å². The first kappa shape index (κ1) is 13.3. The molecular formula is C13H21NO4. The third-order valence-corrected chi connectivity index (χ3v) is 4.01. The number of carbonyl (C=O) groups is 2. The molecule has 1 saturated carbocycles. The number of ether oxygens (including phenoxy) is 1. The minimum absolute atomic E-state index is 0.0889. The van der Waals surface area contributed by atoms with E-state index in [-0.39, 0.29) is 11.8 Å². The van der Waals surface area contributed by atoms with Gasteiger partial charge in [0.25, 0.3) is 0 Å². The van der Waals surface area contributed by atoms with Gasteiger partial charge in [0.1, 0.15) is 0 Å². The standard InChI is InChI=1S/C13H21NO4/c15-12(14-7-9-5-6-18-8-9)10-3-1-2-4-11(10)13(16)17/h9-11H,1-8H2,(H,14,15)(H,16,17). The maximum atomic E-state index is 12.1. The lowest BCUT2D eigenvalue weighted by Crippen LogP contribution is -2.41. The lowest BCUT2D eigenvalue weighted by Gasteiger charge is -2.27. The quantitative estimate of drug-likeness (QED) is 0.786. The van der Waals surface area contributed by atoms with Crippen LogP contribution >= 0.6 is 0 Å². The van der Waals surface area contributed by atoms with Gasteiger partial charge in [0.05, 0.1) is 18.4 Å². The summed E-state index contributed by atoms with van der Waals surface area (Å²) in [5.41, 5.74) is 0. The topological polar surface area (TPSA) is 75.6 Å². The van der Waals surface area contributed by atoms with E-state index in [0.717, 1.165) is 25.9 Å². The average molecular weight is 255 g/mol. The Labute approximate surface area is 107 Å². The predicted molar refractivity (Wildman–Crippen MR) is 65.0 cm³/mol. The average Bonchev–Trinajstić information content (AvgIpc) is 2.89. The third kappa shape index (κ3) is 3.22. The first-order valence-electron chi connectivity index (χ1n) is 6.76.